The maximum Gasteiger partial charge on any atom is 0.217 e. The lowest BCUT2D eigenvalue weighted by molar-refractivity contribution is -0.119. The van der Waals surface area contributed by atoms with Gasteiger partial charge >= 0.3 is 0 Å². The van der Waals surface area contributed by atoms with Crippen LogP contribution in [0.25, 0.3) is 10.6 Å². The van der Waals surface area contributed by atoms with Crippen molar-refractivity contribution in [1.29, 1.82) is 0 Å². The maximum atomic E-state index is 11.6. The van der Waals surface area contributed by atoms with Crippen LogP contribution in [0.4, 0.5) is 0 Å². The Balaban J connectivity index is 1.88. The van der Waals surface area contributed by atoms with E-state index < -0.39 is 0 Å². The Hall–Kier alpha value is -2.97. The van der Waals surface area contributed by atoms with Crippen LogP contribution in [0.5, 0.6) is 0 Å². The van der Waals surface area contributed by atoms with Gasteiger partial charge in [-0.3, -0.25) is 4.79 Å². The standard InChI is InChI=1S/C20H17N3OS/c1-3-15-10-7-11-17(12-15)19-22-23-20(25-19)18(21-14(2)24)13-16-8-5-4-6-9-16/h1,4-12,18H,13H2,2H3,(H,21,24). The van der Waals surface area contributed by atoms with E-state index in [1.165, 1.54) is 18.3 Å². The summed E-state index contributed by atoms with van der Waals surface area (Å²) in [4.78, 5) is 11.6. The first-order chi connectivity index (χ1) is 12.2. The summed E-state index contributed by atoms with van der Waals surface area (Å²) in [5, 5.41) is 13.1. The number of hydrogen-bond acceptors (Lipinski definition) is 4. The average Bonchev–Trinajstić information content (AvgIpc) is 3.12. The van der Waals surface area contributed by atoms with Gasteiger partial charge in [0.15, 0.2) is 0 Å². The summed E-state index contributed by atoms with van der Waals surface area (Å²) >= 11 is 1.47. The maximum absolute atomic E-state index is 11.6. The number of nitrogens with zero attached hydrogens (tertiary/aromatic N) is 2. The van der Waals surface area contributed by atoms with Crippen molar-refractivity contribution in [2.75, 3.05) is 0 Å². The van der Waals surface area contributed by atoms with E-state index in [1.807, 2.05) is 54.6 Å². The van der Waals surface area contributed by atoms with Gasteiger partial charge in [-0.1, -0.05) is 59.7 Å². The van der Waals surface area contributed by atoms with E-state index in [0.717, 1.165) is 26.7 Å². The molecule has 5 heteroatoms. The van der Waals surface area contributed by atoms with Gasteiger partial charge in [0.25, 0.3) is 0 Å². The van der Waals surface area contributed by atoms with Gasteiger partial charge in [-0.25, -0.2) is 0 Å². The lowest BCUT2D eigenvalue weighted by Crippen LogP contribution is -2.27. The van der Waals surface area contributed by atoms with Crippen LogP contribution >= 0.6 is 11.3 Å². The molecular weight excluding hydrogens is 330 g/mol. The van der Waals surface area contributed by atoms with Gasteiger partial charge in [-0.05, 0) is 24.1 Å². The Morgan fingerprint density at radius 1 is 1.20 bits per heavy atom. The molecule has 1 atom stereocenters. The van der Waals surface area contributed by atoms with Gasteiger partial charge in [0.2, 0.25) is 5.91 Å². The molecule has 1 heterocycles. The quantitative estimate of drug-likeness (QED) is 0.718. The fourth-order valence-corrected chi connectivity index (χ4v) is 3.42. The van der Waals surface area contributed by atoms with E-state index in [-0.39, 0.29) is 11.9 Å². The SMILES string of the molecule is C#Cc1cccc(-c2nnc(C(Cc3ccccc3)NC(C)=O)s2)c1. The summed E-state index contributed by atoms with van der Waals surface area (Å²) in [6.07, 6.45) is 6.13. The molecule has 1 aromatic heterocycles. The lowest BCUT2D eigenvalue weighted by atomic mass is 10.1. The largest absolute Gasteiger partial charge is 0.347 e. The van der Waals surface area contributed by atoms with Crippen LogP contribution < -0.4 is 5.32 Å². The second kappa shape index (κ2) is 7.73. The highest BCUT2D eigenvalue weighted by Crippen LogP contribution is 2.29. The fraction of sp³-hybridized carbons (Fsp3) is 0.150. The zero-order valence-electron chi connectivity index (χ0n) is 13.8. The molecule has 3 aromatic rings. The van der Waals surface area contributed by atoms with Crippen molar-refractivity contribution in [2.45, 2.75) is 19.4 Å². The number of hydrogen-bond donors (Lipinski definition) is 1. The number of carbonyl (C=O) groups is 1. The molecular formula is C20H17N3OS. The third kappa shape index (κ3) is 4.31. The molecule has 0 saturated heterocycles. The van der Waals surface area contributed by atoms with Gasteiger partial charge < -0.3 is 5.32 Å². The molecule has 0 aliphatic carbocycles. The zero-order chi connectivity index (χ0) is 17.6. The summed E-state index contributed by atoms with van der Waals surface area (Å²) in [6.45, 7) is 1.51. The van der Waals surface area contributed by atoms with Crippen LogP contribution in [0.2, 0.25) is 0 Å². The summed E-state index contributed by atoms with van der Waals surface area (Å²) in [7, 11) is 0. The van der Waals surface area contributed by atoms with Gasteiger partial charge in [0, 0.05) is 18.1 Å². The summed E-state index contributed by atoms with van der Waals surface area (Å²) in [5.74, 6) is 2.53. The molecule has 1 unspecified atom stereocenters. The Labute approximate surface area is 150 Å². The van der Waals surface area contributed by atoms with Crippen molar-refractivity contribution >= 4 is 17.2 Å². The van der Waals surface area contributed by atoms with Crippen LogP contribution in [-0.2, 0) is 11.2 Å². The van der Waals surface area contributed by atoms with Gasteiger partial charge in [-0.15, -0.1) is 16.6 Å². The van der Waals surface area contributed by atoms with E-state index >= 15 is 0 Å². The number of carbonyl (C=O) groups excluding carboxylic acids is 1. The predicted octanol–water partition coefficient (Wildman–Crippen LogP) is 3.61. The van der Waals surface area contributed by atoms with Crippen molar-refractivity contribution in [1.82, 2.24) is 15.5 Å². The van der Waals surface area contributed by atoms with Crippen molar-refractivity contribution in [3.63, 3.8) is 0 Å². The molecule has 2 aromatic carbocycles. The van der Waals surface area contributed by atoms with Gasteiger partial charge in [0.05, 0.1) is 6.04 Å². The minimum Gasteiger partial charge on any atom is -0.347 e. The number of aromatic nitrogens is 2. The Morgan fingerprint density at radius 2 is 2.00 bits per heavy atom. The molecule has 0 saturated carbocycles. The third-order valence-electron chi connectivity index (χ3n) is 3.68. The summed E-state index contributed by atoms with van der Waals surface area (Å²) in [5.41, 5.74) is 2.87. The van der Waals surface area contributed by atoms with Gasteiger partial charge in [-0.2, -0.15) is 0 Å². The average molecular weight is 347 g/mol. The highest BCUT2D eigenvalue weighted by atomic mass is 32.1. The molecule has 0 bridgehead atoms. The van der Waals surface area contributed by atoms with Crippen LogP contribution in [0, 0.1) is 12.3 Å². The van der Waals surface area contributed by atoms with Crippen LogP contribution in [-0.4, -0.2) is 16.1 Å². The highest BCUT2D eigenvalue weighted by molar-refractivity contribution is 7.14. The van der Waals surface area contributed by atoms with Crippen molar-refractivity contribution < 1.29 is 4.79 Å². The molecule has 3 rings (SSSR count). The Morgan fingerprint density at radius 3 is 2.72 bits per heavy atom. The Kier molecular flexibility index (Phi) is 5.22. The number of nitrogens with one attached hydrogen (secondary N) is 1. The van der Waals surface area contributed by atoms with E-state index in [4.69, 9.17) is 6.42 Å². The minimum absolute atomic E-state index is 0.0907. The van der Waals surface area contributed by atoms with Crippen LogP contribution in [0.1, 0.15) is 29.1 Å². The first-order valence-electron chi connectivity index (χ1n) is 7.87. The molecule has 25 heavy (non-hydrogen) atoms. The van der Waals surface area contributed by atoms with E-state index in [9.17, 15) is 4.79 Å². The van der Waals surface area contributed by atoms with E-state index in [1.54, 1.807) is 0 Å². The molecule has 0 aliphatic heterocycles. The fourth-order valence-electron chi connectivity index (χ4n) is 2.53. The lowest BCUT2D eigenvalue weighted by Gasteiger charge is -2.14. The molecule has 1 N–H and O–H groups in total. The molecule has 124 valence electrons. The molecule has 4 nitrogen and oxygen atoms in total. The van der Waals surface area contributed by atoms with Crippen molar-refractivity contribution in [3.05, 3.63) is 70.7 Å². The topological polar surface area (TPSA) is 54.9 Å². The minimum atomic E-state index is -0.207. The van der Waals surface area contributed by atoms with Crippen molar-refractivity contribution in [2.24, 2.45) is 0 Å². The summed E-state index contributed by atoms with van der Waals surface area (Å²) in [6, 6.07) is 17.4. The van der Waals surface area contributed by atoms with Crippen LogP contribution in [0.15, 0.2) is 54.6 Å². The number of terminal acetylenes is 1. The second-order valence-electron chi connectivity index (χ2n) is 5.61. The normalized spacial score (nSPS) is 11.5. The first kappa shape index (κ1) is 16.9. The van der Waals surface area contributed by atoms with E-state index in [0.29, 0.717) is 6.42 Å². The Bertz CT molecular complexity index is 912. The van der Waals surface area contributed by atoms with Gasteiger partial charge in [0.1, 0.15) is 10.0 Å². The number of benzene rings is 2. The number of rotatable bonds is 5. The van der Waals surface area contributed by atoms with Crippen molar-refractivity contribution in [3.8, 4) is 22.9 Å². The molecule has 0 aliphatic rings. The first-order valence-corrected chi connectivity index (χ1v) is 8.69. The highest BCUT2D eigenvalue weighted by Gasteiger charge is 2.19. The monoisotopic (exact) mass is 347 g/mol. The molecule has 0 spiro atoms. The smallest absolute Gasteiger partial charge is 0.217 e. The molecule has 0 fully saturated rings. The third-order valence-corrected chi connectivity index (χ3v) is 4.76. The number of amides is 1. The zero-order valence-corrected chi connectivity index (χ0v) is 14.6. The predicted molar refractivity (Wildman–Crippen MR) is 100.0 cm³/mol. The van der Waals surface area contributed by atoms with Crippen LogP contribution in [0.3, 0.4) is 0 Å². The summed E-state index contributed by atoms with van der Waals surface area (Å²) < 4.78 is 0. The molecule has 1 amide bonds. The molecule has 0 radical (unpaired) electrons. The van der Waals surface area contributed by atoms with E-state index in [2.05, 4.69) is 21.4 Å². The second-order valence-corrected chi connectivity index (χ2v) is 6.62.